The van der Waals surface area contributed by atoms with E-state index in [1.54, 1.807) is 7.11 Å². The van der Waals surface area contributed by atoms with Crippen LogP contribution in [-0.2, 0) is 11.3 Å². The lowest BCUT2D eigenvalue weighted by Crippen LogP contribution is -2.37. The first-order chi connectivity index (χ1) is 8.04. The smallest absolute Gasteiger partial charge is 0.247 e. The van der Waals surface area contributed by atoms with Crippen LogP contribution in [0.5, 0.6) is 5.75 Å². The molecule has 0 saturated heterocycles. The van der Waals surface area contributed by atoms with Crippen LogP contribution in [0.4, 0.5) is 0 Å². The van der Waals surface area contributed by atoms with Gasteiger partial charge in [-0.3, -0.25) is 4.79 Å². The Labute approximate surface area is 108 Å². The van der Waals surface area contributed by atoms with Crippen LogP contribution >= 0.6 is 15.9 Å². The molecular weight excluding hydrogens is 288 g/mol. The van der Waals surface area contributed by atoms with Crippen LogP contribution in [-0.4, -0.2) is 30.8 Å². The van der Waals surface area contributed by atoms with Crippen molar-refractivity contribution < 1.29 is 14.6 Å². The van der Waals surface area contributed by atoms with Crippen molar-refractivity contribution in [2.75, 3.05) is 13.7 Å². The molecule has 0 saturated carbocycles. The number of halogens is 1. The Kier molecular flexibility index (Phi) is 5.40. The highest BCUT2D eigenvalue weighted by atomic mass is 79.9. The number of rotatable bonds is 6. The number of nitrogens with one attached hydrogen (secondary N) is 1. The average Bonchev–Trinajstić information content (AvgIpc) is 2.29. The van der Waals surface area contributed by atoms with Gasteiger partial charge in [-0.1, -0.05) is 15.9 Å². The Morgan fingerprint density at radius 3 is 2.94 bits per heavy atom. The van der Waals surface area contributed by atoms with E-state index in [9.17, 15) is 9.90 Å². The molecule has 1 unspecified atom stereocenters. The van der Waals surface area contributed by atoms with Gasteiger partial charge in [0.25, 0.3) is 0 Å². The summed E-state index contributed by atoms with van der Waals surface area (Å²) in [7, 11) is 1.59. The van der Waals surface area contributed by atoms with Gasteiger partial charge < -0.3 is 20.9 Å². The van der Waals surface area contributed by atoms with Crippen LogP contribution in [0.25, 0.3) is 0 Å². The van der Waals surface area contributed by atoms with Crippen molar-refractivity contribution in [2.24, 2.45) is 5.73 Å². The summed E-state index contributed by atoms with van der Waals surface area (Å²) in [6.45, 7) is 0.595. The minimum absolute atomic E-state index is 0.116. The van der Waals surface area contributed by atoms with Gasteiger partial charge in [-0.25, -0.2) is 0 Å². The molecule has 0 fully saturated rings. The van der Waals surface area contributed by atoms with E-state index in [0.29, 0.717) is 6.54 Å². The van der Waals surface area contributed by atoms with Crippen LogP contribution in [0.1, 0.15) is 5.56 Å². The van der Waals surface area contributed by atoms with E-state index in [1.165, 1.54) is 0 Å². The van der Waals surface area contributed by atoms with E-state index in [-0.39, 0.29) is 6.54 Å². The Hall–Kier alpha value is -1.11. The molecule has 5 nitrogen and oxygen atoms in total. The first kappa shape index (κ1) is 14.0. The van der Waals surface area contributed by atoms with Gasteiger partial charge in [-0.05, 0) is 18.2 Å². The largest absolute Gasteiger partial charge is 0.496 e. The Morgan fingerprint density at radius 1 is 1.65 bits per heavy atom. The number of methoxy groups -OCH3 is 1. The lowest BCUT2D eigenvalue weighted by Gasteiger charge is -2.11. The third kappa shape index (κ3) is 4.33. The molecule has 0 heterocycles. The van der Waals surface area contributed by atoms with Crippen LogP contribution in [0.3, 0.4) is 0 Å². The van der Waals surface area contributed by atoms with Gasteiger partial charge in [0.2, 0.25) is 5.91 Å². The third-order valence-corrected chi connectivity index (χ3v) is 2.72. The summed E-state index contributed by atoms with van der Waals surface area (Å²) in [5.41, 5.74) is 5.86. The molecule has 0 radical (unpaired) electrons. The van der Waals surface area contributed by atoms with Crippen LogP contribution in [0.15, 0.2) is 22.7 Å². The summed E-state index contributed by atoms with van der Waals surface area (Å²) in [6.07, 6.45) is -1.17. The molecule has 1 amide bonds. The fraction of sp³-hybridized carbons (Fsp3) is 0.364. The molecule has 0 bridgehead atoms. The second kappa shape index (κ2) is 6.58. The zero-order valence-electron chi connectivity index (χ0n) is 9.44. The summed E-state index contributed by atoms with van der Waals surface area (Å²) in [4.78, 5) is 10.6. The number of amides is 1. The van der Waals surface area contributed by atoms with Gasteiger partial charge in [-0.2, -0.15) is 0 Å². The van der Waals surface area contributed by atoms with Crippen molar-refractivity contribution in [3.8, 4) is 5.75 Å². The van der Waals surface area contributed by atoms with E-state index in [2.05, 4.69) is 21.2 Å². The minimum atomic E-state index is -1.17. The Bertz CT molecular complexity index is 398. The van der Waals surface area contributed by atoms with Crippen molar-refractivity contribution in [1.29, 1.82) is 0 Å². The zero-order chi connectivity index (χ0) is 12.8. The Balaban J connectivity index is 2.56. The van der Waals surface area contributed by atoms with Gasteiger partial charge in [0, 0.05) is 23.1 Å². The number of hydrogen-bond donors (Lipinski definition) is 3. The van der Waals surface area contributed by atoms with Crippen molar-refractivity contribution in [2.45, 2.75) is 12.6 Å². The normalized spacial score (nSPS) is 12.2. The van der Waals surface area contributed by atoms with Gasteiger partial charge >= 0.3 is 0 Å². The molecule has 0 spiro atoms. The van der Waals surface area contributed by atoms with Crippen LogP contribution < -0.4 is 15.8 Å². The molecular formula is C11H15BrN2O3. The molecule has 0 aliphatic rings. The fourth-order valence-electron chi connectivity index (χ4n) is 1.33. The number of carbonyl (C=O) groups excluding carboxylic acids is 1. The third-order valence-electron chi connectivity index (χ3n) is 2.22. The van der Waals surface area contributed by atoms with Gasteiger partial charge in [-0.15, -0.1) is 0 Å². The Morgan fingerprint density at radius 2 is 2.35 bits per heavy atom. The average molecular weight is 303 g/mol. The molecule has 4 N–H and O–H groups in total. The molecule has 1 aromatic carbocycles. The molecule has 0 aromatic heterocycles. The molecule has 94 valence electrons. The predicted molar refractivity (Wildman–Crippen MR) is 67.6 cm³/mol. The lowest BCUT2D eigenvalue weighted by atomic mass is 10.2. The topological polar surface area (TPSA) is 84.6 Å². The number of aliphatic hydroxyl groups excluding tert-OH is 1. The number of nitrogens with two attached hydrogens (primary N) is 1. The number of aliphatic hydroxyl groups is 1. The van der Waals surface area contributed by atoms with E-state index in [0.717, 1.165) is 15.8 Å². The highest BCUT2D eigenvalue weighted by molar-refractivity contribution is 9.10. The maximum atomic E-state index is 10.6. The van der Waals surface area contributed by atoms with Crippen molar-refractivity contribution in [3.05, 3.63) is 28.2 Å². The van der Waals surface area contributed by atoms with E-state index >= 15 is 0 Å². The quantitative estimate of drug-likeness (QED) is 0.710. The summed E-state index contributed by atoms with van der Waals surface area (Å²) < 4.78 is 6.13. The maximum Gasteiger partial charge on any atom is 0.247 e. The summed E-state index contributed by atoms with van der Waals surface area (Å²) >= 11 is 3.36. The maximum absolute atomic E-state index is 10.6. The minimum Gasteiger partial charge on any atom is -0.496 e. The van der Waals surface area contributed by atoms with E-state index in [4.69, 9.17) is 10.5 Å². The lowest BCUT2D eigenvalue weighted by molar-refractivity contribution is -0.125. The second-order valence-electron chi connectivity index (χ2n) is 3.51. The molecule has 6 heteroatoms. The number of hydrogen-bond acceptors (Lipinski definition) is 4. The molecule has 1 atom stereocenters. The SMILES string of the molecule is COc1ccc(Br)cc1CNCC(O)C(N)=O. The number of primary amides is 1. The molecule has 0 aliphatic carbocycles. The zero-order valence-corrected chi connectivity index (χ0v) is 11.0. The summed E-state index contributed by atoms with van der Waals surface area (Å²) in [5, 5.41) is 12.1. The van der Waals surface area contributed by atoms with Crippen molar-refractivity contribution >= 4 is 21.8 Å². The van der Waals surface area contributed by atoms with Crippen molar-refractivity contribution in [1.82, 2.24) is 5.32 Å². The van der Waals surface area contributed by atoms with Crippen LogP contribution in [0, 0.1) is 0 Å². The van der Waals surface area contributed by atoms with Gasteiger partial charge in [0.1, 0.15) is 11.9 Å². The monoisotopic (exact) mass is 302 g/mol. The molecule has 1 rings (SSSR count). The number of benzene rings is 1. The van der Waals surface area contributed by atoms with Gasteiger partial charge in [0.05, 0.1) is 7.11 Å². The van der Waals surface area contributed by atoms with E-state index < -0.39 is 12.0 Å². The van der Waals surface area contributed by atoms with Crippen LogP contribution in [0.2, 0.25) is 0 Å². The molecule has 1 aromatic rings. The summed E-state index contributed by atoms with van der Waals surface area (Å²) in [6, 6.07) is 5.62. The van der Waals surface area contributed by atoms with Gasteiger partial charge in [0.15, 0.2) is 0 Å². The highest BCUT2D eigenvalue weighted by Gasteiger charge is 2.10. The standard InChI is InChI=1S/C11H15BrN2O3/c1-17-10-3-2-8(12)4-7(10)5-14-6-9(15)11(13)16/h2-4,9,14-15H,5-6H2,1H3,(H2,13,16). The van der Waals surface area contributed by atoms with Crippen molar-refractivity contribution in [3.63, 3.8) is 0 Å². The summed E-state index contributed by atoms with van der Waals surface area (Å²) in [5.74, 6) is 0.00738. The first-order valence-electron chi connectivity index (χ1n) is 5.05. The number of ether oxygens (including phenoxy) is 1. The molecule has 17 heavy (non-hydrogen) atoms. The number of carbonyl (C=O) groups is 1. The second-order valence-corrected chi connectivity index (χ2v) is 4.42. The highest BCUT2D eigenvalue weighted by Crippen LogP contribution is 2.22. The fourth-order valence-corrected chi connectivity index (χ4v) is 1.74. The van der Waals surface area contributed by atoms with E-state index in [1.807, 2.05) is 18.2 Å². The predicted octanol–water partition coefficient (Wildman–Crippen LogP) is 0.393. The molecule has 0 aliphatic heterocycles. The first-order valence-corrected chi connectivity index (χ1v) is 5.84.